The molecule has 18 heavy (non-hydrogen) atoms. The molecular formula is C13H17ClN2O2. The molecule has 0 bridgehead atoms. The van der Waals surface area contributed by atoms with E-state index in [1.54, 1.807) is 0 Å². The quantitative estimate of drug-likeness (QED) is 0.894. The van der Waals surface area contributed by atoms with Crippen LogP contribution in [0.2, 0.25) is 5.02 Å². The number of rotatable bonds is 2. The Balaban J connectivity index is 2.50. The van der Waals surface area contributed by atoms with Gasteiger partial charge in [-0.1, -0.05) is 11.6 Å². The lowest BCUT2D eigenvalue weighted by Crippen LogP contribution is -2.30. The number of nitrogens with zero attached hydrogens (tertiary/aromatic N) is 2. The molecular weight excluding hydrogens is 252 g/mol. The normalized spacial score (nSPS) is 15.3. The molecule has 4 nitrogen and oxygen atoms in total. The molecule has 0 aliphatic carbocycles. The standard InChI is InChI=1S/C13H17ClN2O2/c1-9-6-10(14)13-11(7-9)16(8-12(17)18)5-3-4-15(13)2/h6-7H,3-5,8H2,1-2H3,(H,17,18). The third-order valence-corrected chi connectivity index (χ3v) is 3.45. The maximum atomic E-state index is 11.0. The topological polar surface area (TPSA) is 43.8 Å². The summed E-state index contributed by atoms with van der Waals surface area (Å²) >= 11 is 6.30. The average molecular weight is 269 g/mol. The number of fused-ring (bicyclic) bond motifs is 1. The van der Waals surface area contributed by atoms with Gasteiger partial charge in [0, 0.05) is 20.1 Å². The first-order chi connectivity index (χ1) is 8.49. The monoisotopic (exact) mass is 268 g/mol. The second kappa shape index (κ2) is 5.06. The summed E-state index contributed by atoms with van der Waals surface area (Å²) in [7, 11) is 1.99. The fourth-order valence-electron chi connectivity index (χ4n) is 2.39. The van der Waals surface area contributed by atoms with Crippen LogP contribution in [0.4, 0.5) is 11.4 Å². The number of aryl methyl sites for hydroxylation is 1. The van der Waals surface area contributed by atoms with Crippen molar-refractivity contribution in [3.8, 4) is 0 Å². The number of carbonyl (C=O) groups is 1. The minimum absolute atomic E-state index is 0.0145. The van der Waals surface area contributed by atoms with Gasteiger partial charge in [0.25, 0.3) is 0 Å². The highest BCUT2D eigenvalue weighted by atomic mass is 35.5. The van der Waals surface area contributed by atoms with Gasteiger partial charge >= 0.3 is 5.97 Å². The highest BCUT2D eigenvalue weighted by Crippen LogP contribution is 2.38. The number of hydrogen-bond acceptors (Lipinski definition) is 3. The predicted molar refractivity (Wildman–Crippen MR) is 73.9 cm³/mol. The molecule has 0 saturated heterocycles. The van der Waals surface area contributed by atoms with Gasteiger partial charge in [0.15, 0.2) is 0 Å². The zero-order chi connectivity index (χ0) is 13.3. The van der Waals surface area contributed by atoms with Crippen LogP contribution in [0.25, 0.3) is 0 Å². The highest BCUT2D eigenvalue weighted by molar-refractivity contribution is 6.34. The number of benzene rings is 1. The molecule has 1 N–H and O–H groups in total. The number of aliphatic carboxylic acids is 1. The lowest BCUT2D eigenvalue weighted by atomic mass is 10.1. The molecule has 1 aliphatic rings. The molecule has 0 spiro atoms. The van der Waals surface area contributed by atoms with Crippen molar-refractivity contribution in [2.24, 2.45) is 0 Å². The van der Waals surface area contributed by atoms with Crippen molar-refractivity contribution in [3.05, 3.63) is 22.7 Å². The van der Waals surface area contributed by atoms with Crippen LogP contribution in [-0.4, -0.2) is 37.8 Å². The first-order valence-corrected chi connectivity index (χ1v) is 6.35. The summed E-state index contributed by atoms with van der Waals surface area (Å²) in [4.78, 5) is 14.9. The van der Waals surface area contributed by atoms with E-state index in [0.29, 0.717) is 5.02 Å². The second-order valence-electron chi connectivity index (χ2n) is 4.70. The Hall–Kier alpha value is -1.42. The van der Waals surface area contributed by atoms with E-state index in [-0.39, 0.29) is 6.54 Å². The lowest BCUT2D eigenvalue weighted by Gasteiger charge is -2.26. The highest BCUT2D eigenvalue weighted by Gasteiger charge is 2.22. The first-order valence-electron chi connectivity index (χ1n) is 5.97. The van der Waals surface area contributed by atoms with E-state index in [4.69, 9.17) is 16.7 Å². The van der Waals surface area contributed by atoms with Gasteiger partial charge in [0.2, 0.25) is 0 Å². The van der Waals surface area contributed by atoms with Gasteiger partial charge in [-0.05, 0) is 31.0 Å². The van der Waals surface area contributed by atoms with E-state index in [0.717, 1.165) is 36.4 Å². The number of anilines is 2. The number of hydrogen-bond donors (Lipinski definition) is 1. The summed E-state index contributed by atoms with van der Waals surface area (Å²) in [6.45, 7) is 3.60. The average Bonchev–Trinajstić information content (AvgIpc) is 2.38. The molecule has 2 rings (SSSR count). The van der Waals surface area contributed by atoms with Gasteiger partial charge in [-0.3, -0.25) is 4.79 Å². The van der Waals surface area contributed by atoms with Crippen molar-refractivity contribution in [3.63, 3.8) is 0 Å². The molecule has 1 aliphatic heterocycles. The molecule has 0 saturated carbocycles. The fourth-order valence-corrected chi connectivity index (χ4v) is 2.81. The third-order valence-electron chi connectivity index (χ3n) is 3.16. The third kappa shape index (κ3) is 2.53. The van der Waals surface area contributed by atoms with Crippen LogP contribution in [0, 0.1) is 6.92 Å². The molecule has 0 amide bonds. The zero-order valence-electron chi connectivity index (χ0n) is 10.6. The molecule has 1 aromatic rings. The minimum Gasteiger partial charge on any atom is -0.480 e. The van der Waals surface area contributed by atoms with E-state index in [2.05, 4.69) is 4.90 Å². The molecule has 5 heteroatoms. The second-order valence-corrected chi connectivity index (χ2v) is 5.11. The summed E-state index contributed by atoms with van der Waals surface area (Å²) in [6.07, 6.45) is 0.924. The Morgan fingerprint density at radius 3 is 2.83 bits per heavy atom. The number of halogens is 1. The van der Waals surface area contributed by atoms with Gasteiger partial charge in [-0.15, -0.1) is 0 Å². The summed E-state index contributed by atoms with van der Waals surface area (Å²) in [5.74, 6) is -0.817. The van der Waals surface area contributed by atoms with Crippen LogP contribution in [0.15, 0.2) is 12.1 Å². The summed E-state index contributed by atoms with van der Waals surface area (Å²) in [5, 5.41) is 9.68. The molecule has 0 unspecified atom stereocenters. The van der Waals surface area contributed by atoms with E-state index < -0.39 is 5.97 Å². The molecule has 1 heterocycles. The fraction of sp³-hybridized carbons (Fsp3) is 0.462. The van der Waals surface area contributed by atoms with Crippen LogP contribution in [0.1, 0.15) is 12.0 Å². The van der Waals surface area contributed by atoms with E-state index in [1.165, 1.54) is 0 Å². The molecule has 98 valence electrons. The van der Waals surface area contributed by atoms with Crippen molar-refractivity contribution >= 4 is 28.9 Å². The Kier molecular flexibility index (Phi) is 3.66. The Bertz CT molecular complexity index is 476. The van der Waals surface area contributed by atoms with Crippen molar-refractivity contribution in [1.82, 2.24) is 0 Å². The first kappa shape index (κ1) is 13.0. The van der Waals surface area contributed by atoms with Crippen molar-refractivity contribution < 1.29 is 9.90 Å². The molecule has 0 atom stereocenters. The van der Waals surface area contributed by atoms with Crippen molar-refractivity contribution in [2.75, 3.05) is 36.5 Å². The molecule has 0 aromatic heterocycles. The van der Waals surface area contributed by atoms with Crippen molar-refractivity contribution in [1.29, 1.82) is 0 Å². The Labute approximate surface area is 112 Å². The number of carboxylic acids is 1. The summed E-state index contributed by atoms with van der Waals surface area (Å²) in [5.41, 5.74) is 2.90. The maximum absolute atomic E-state index is 11.0. The van der Waals surface area contributed by atoms with Gasteiger partial charge in [0.1, 0.15) is 6.54 Å². The predicted octanol–water partition coefficient (Wildman–Crippen LogP) is 2.38. The van der Waals surface area contributed by atoms with Crippen LogP contribution in [-0.2, 0) is 4.79 Å². The summed E-state index contributed by atoms with van der Waals surface area (Å²) in [6, 6.07) is 3.92. The molecule has 1 aromatic carbocycles. The van der Waals surface area contributed by atoms with Gasteiger partial charge in [0.05, 0.1) is 16.4 Å². The zero-order valence-corrected chi connectivity index (χ0v) is 11.4. The number of carboxylic acid groups (broad SMARTS) is 1. The smallest absolute Gasteiger partial charge is 0.323 e. The van der Waals surface area contributed by atoms with Gasteiger partial charge in [-0.2, -0.15) is 0 Å². The molecule has 0 fully saturated rings. The molecule has 0 radical (unpaired) electrons. The lowest BCUT2D eigenvalue weighted by molar-refractivity contribution is -0.135. The minimum atomic E-state index is -0.817. The van der Waals surface area contributed by atoms with Gasteiger partial charge in [-0.25, -0.2) is 0 Å². The SMILES string of the molecule is Cc1cc(Cl)c2c(c1)N(CC(=O)O)CCCN2C. The van der Waals surface area contributed by atoms with Crippen LogP contribution < -0.4 is 9.80 Å². The van der Waals surface area contributed by atoms with E-state index >= 15 is 0 Å². The Morgan fingerprint density at radius 1 is 1.44 bits per heavy atom. The van der Waals surface area contributed by atoms with Crippen LogP contribution in [0.3, 0.4) is 0 Å². The van der Waals surface area contributed by atoms with Crippen LogP contribution >= 0.6 is 11.6 Å². The van der Waals surface area contributed by atoms with Gasteiger partial charge < -0.3 is 14.9 Å². The largest absolute Gasteiger partial charge is 0.480 e. The van der Waals surface area contributed by atoms with E-state index in [1.807, 2.05) is 31.0 Å². The summed E-state index contributed by atoms with van der Waals surface area (Å²) < 4.78 is 0. The van der Waals surface area contributed by atoms with Crippen LogP contribution in [0.5, 0.6) is 0 Å². The van der Waals surface area contributed by atoms with E-state index in [9.17, 15) is 4.79 Å². The van der Waals surface area contributed by atoms with Crippen molar-refractivity contribution in [2.45, 2.75) is 13.3 Å². The maximum Gasteiger partial charge on any atom is 0.323 e. The Morgan fingerprint density at radius 2 is 2.17 bits per heavy atom.